The van der Waals surface area contributed by atoms with Crippen molar-refractivity contribution in [2.75, 3.05) is 5.32 Å². The summed E-state index contributed by atoms with van der Waals surface area (Å²) >= 11 is 0. The summed E-state index contributed by atoms with van der Waals surface area (Å²) in [7, 11) is 0. The smallest absolute Gasteiger partial charge is 0.0496 e. The van der Waals surface area contributed by atoms with Gasteiger partial charge in [-0.25, -0.2) is 0 Å². The van der Waals surface area contributed by atoms with E-state index in [0.29, 0.717) is 0 Å². The molecule has 0 fully saturated rings. The molecule has 2 heteroatoms. The second-order valence-electron chi connectivity index (χ2n) is 13.1. The maximum absolute atomic E-state index is 3.92. The van der Waals surface area contributed by atoms with Crippen LogP contribution in [0.3, 0.4) is 0 Å². The average molecular weight is 613 g/mol. The molecule has 1 atom stereocenters. The average Bonchev–Trinajstić information content (AvgIpc) is 3.43. The highest BCUT2D eigenvalue weighted by Gasteiger charge is 2.20. The summed E-state index contributed by atoms with van der Waals surface area (Å²) in [5.41, 5.74) is 11.0. The van der Waals surface area contributed by atoms with Crippen molar-refractivity contribution < 1.29 is 0 Å². The Morgan fingerprint density at radius 3 is 2.00 bits per heavy atom. The van der Waals surface area contributed by atoms with Crippen LogP contribution in [0.2, 0.25) is 0 Å². The first-order valence-corrected chi connectivity index (χ1v) is 16.5. The van der Waals surface area contributed by atoms with Crippen LogP contribution in [0.4, 0.5) is 5.69 Å². The van der Waals surface area contributed by atoms with Crippen molar-refractivity contribution in [2.24, 2.45) is 0 Å². The molecule has 0 aliphatic carbocycles. The number of nitrogens with zero attached hydrogens (tertiary/aromatic N) is 1. The van der Waals surface area contributed by atoms with Crippen molar-refractivity contribution in [2.45, 2.75) is 45.7 Å². The van der Waals surface area contributed by atoms with Crippen molar-refractivity contribution in [3.63, 3.8) is 0 Å². The van der Waals surface area contributed by atoms with Crippen LogP contribution in [0.5, 0.6) is 0 Å². The van der Waals surface area contributed by atoms with Gasteiger partial charge in [-0.1, -0.05) is 134 Å². The molecule has 234 valence electrons. The molecule has 2 nitrogen and oxygen atoms in total. The van der Waals surface area contributed by atoms with E-state index in [1.807, 2.05) is 12.1 Å². The molecule has 0 radical (unpaired) electrons. The number of benzene rings is 5. The topological polar surface area (TPSA) is 17.0 Å². The first-order chi connectivity index (χ1) is 22.8. The number of nitrogens with one attached hydrogen (secondary N) is 1. The zero-order chi connectivity index (χ0) is 32.8. The molecule has 0 bridgehead atoms. The van der Waals surface area contributed by atoms with Crippen LogP contribution in [-0.4, -0.2) is 10.6 Å². The van der Waals surface area contributed by atoms with E-state index in [4.69, 9.17) is 0 Å². The molecule has 1 unspecified atom stereocenters. The lowest BCUT2D eigenvalue weighted by molar-refractivity contribution is 0.423. The maximum Gasteiger partial charge on any atom is 0.0496 e. The Bertz CT molecular complexity index is 2070. The second-order valence-corrected chi connectivity index (χ2v) is 13.1. The van der Waals surface area contributed by atoms with Gasteiger partial charge in [-0.2, -0.15) is 0 Å². The van der Waals surface area contributed by atoms with Gasteiger partial charge in [0.2, 0.25) is 0 Å². The summed E-state index contributed by atoms with van der Waals surface area (Å²) in [6, 6.07) is 45.7. The van der Waals surface area contributed by atoms with E-state index in [0.717, 1.165) is 12.1 Å². The Morgan fingerprint density at radius 1 is 0.702 bits per heavy atom. The van der Waals surface area contributed by atoms with Gasteiger partial charge in [-0.3, -0.25) is 0 Å². The van der Waals surface area contributed by atoms with Gasteiger partial charge < -0.3 is 9.88 Å². The minimum Gasteiger partial charge on any atom is -0.378 e. The van der Waals surface area contributed by atoms with Gasteiger partial charge in [-0.05, 0) is 97.8 Å². The number of fused-ring (bicyclic) bond motifs is 3. The van der Waals surface area contributed by atoms with Gasteiger partial charge in [0.15, 0.2) is 0 Å². The molecule has 1 aromatic heterocycles. The lowest BCUT2D eigenvalue weighted by Gasteiger charge is -2.24. The first-order valence-electron chi connectivity index (χ1n) is 16.5. The van der Waals surface area contributed by atoms with E-state index < -0.39 is 0 Å². The molecule has 1 N–H and O–H groups in total. The van der Waals surface area contributed by atoms with E-state index in [-0.39, 0.29) is 11.6 Å². The minimum absolute atomic E-state index is 0.0105. The molecule has 6 rings (SSSR count). The molecule has 0 amide bonds. The zero-order valence-corrected chi connectivity index (χ0v) is 27.9. The lowest BCUT2D eigenvalue weighted by atomic mass is 9.97. The number of para-hydroxylation sites is 1. The fourth-order valence-electron chi connectivity index (χ4n) is 6.53. The number of allylic oxidation sites excluding steroid dienone is 6. The molecule has 0 aliphatic rings. The summed E-state index contributed by atoms with van der Waals surface area (Å²) in [4.78, 5) is 0. The molecule has 47 heavy (non-hydrogen) atoms. The number of hydrogen-bond acceptors (Lipinski definition) is 1. The molecule has 0 saturated heterocycles. The van der Waals surface area contributed by atoms with E-state index >= 15 is 0 Å². The minimum atomic E-state index is -0.0105. The highest BCUT2D eigenvalue weighted by molar-refractivity contribution is 6.09. The predicted octanol–water partition coefficient (Wildman–Crippen LogP) is 12.3. The summed E-state index contributed by atoms with van der Waals surface area (Å²) in [6.45, 7) is 13.0. The van der Waals surface area contributed by atoms with Crippen LogP contribution in [0.15, 0.2) is 164 Å². The van der Waals surface area contributed by atoms with Gasteiger partial charge in [-0.15, -0.1) is 0 Å². The Kier molecular flexibility index (Phi) is 9.40. The zero-order valence-electron chi connectivity index (χ0n) is 27.9. The van der Waals surface area contributed by atoms with Crippen LogP contribution in [0.1, 0.15) is 45.2 Å². The number of aromatic nitrogens is 1. The SMILES string of the molecule is C=C/C=C(\C/C=C\C=C(\c1ccccc1)C(C)Nc1ccc(-c2ccc3c(c2)c2ccccc2n3C(C)(C)C)cc1)c1ccccc1. The third-order valence-electron chi connectivity index (χ3n) is 8.73. The number of anilines is 1. The molecular weight excluding hydrogens is 569 g/mol. The highest BCUT2D eigenvalue weighted by atomic mass is 15.0. The van der Waals surface area contributed by atoms with Gasteiger partial charge in [0.1, 0.15) is 0 Å². The predicted molar refractivity (Wildman–Crippen MR) is 206 cm³/mol. The van der Waals surface area contributed by atoms with E-state index in [1.165, 1.54) is 55.2 Å². The Hall–Kier alpha value is -5.34. The van der Waals surface area contributed by atoms with Crippen LogP contribution in [-0.2, 0) is 5.54 Å². The van der Waals surface area contributed by atoms with E-state index in [9.17, 15) is 0 Å². The van der Waals surface area contributed by atoms with Gasteiger partial charge in [0, 0.05) is 39.1 Å². The normalized spacial score (nSPS) is 13.4. The van der Waals surface area contributed by atoms with Crippen LogP contribution >= 0.6 is 0 Å². The summed E-state index contributed by atoms with van der Waals surface area (Å²) in [5, 5.41) is 6.35. The lowest BCUT2D eigenvalue weighted by Crippen LogP contribution is -2.21. The van der Waals surface area contributed by atoms with Crippen LogP contribution in [0.25, 0.3) is 44.1 Å². The highest BCUT2D eigenvalue weighted by Crippen LogP contribution is 2.36. The summed E-state index contributed by atoms with van der Waals surface area (Å²) in [6.07, 6.45) is 11.4. The molecule has 0 aliphatic heterocycles. The molecular formula is C45H44N2. The molecule has 0 saturated carbocycles. The second kappa shape index (κ2) is 14.0. The Morgan fingerprint density at radius 2 is 1.32 bits per heavy atom. The first kappa shape index (κ1) is 31.6. The van der Waals surface area contributed by atoms with Crippen molar-refractivity contribution >= 4 is 38.6 Å². The quantitative estimate of drug-likeness (QED) is 0.152. The van der Waals surface area contributed by atoms with E-state index in [1.54, 1.807) is 0 Å². The third kappa shape index (κ3) is 7.08. The largest absolute Gasteiger partial charge is 0.378 e. The molecule has 6 aromatic rings. The summed E-state index contributed by atoms with van der Waals surface area (Å²) < 4.78 is 2.46. The van der Waals surface area contributed by atoms with Gasteiger partial charge in [0.25, 0.3) is 0 Å². The monoisotopic (exact) mass is 612 g/mol. The Labute approximate surface area is 280 Å². The van der Waals surface area contributed by atoms with Crippen molar-refractivity contribution in [3.05, 3.63) is 175 Å². The Balaban J connectivity index is 1.23. The van der Waals surface area contributed by atoms with Crippen molar-refractivity contribution in [1.29, 1.82) is 0 Å². The van der Waals surface area contributed by atoms with Crippen LogP contribution in [0, 0.1) is 0 Å². The van der Waals surface area contributed by atoms with Crippen molar-refractivity contribution in [1.82, 2.24) is 4.57 Å². The summed E-state index contributed by atoms with van der Waals surface area (Å²) in [5.74, 6) is 0. The van der Waals surface area contributed by atoms with Gasteiger partial charge in [0.05, 0.1) is 0 Å². The standard InChI is InChI=1S/C45H44N2/c1-6-17-34(35-18-9-7-10-19-35)20-13-14-23-40(37-21-11-8-12-22-37)33(2)46-39-29-26-36(27-30-39)38-28-31-44-42(32-38)41-24-15-16-25-43(41)47(44)45(3,4)5/h6-19,21-33,46H,1,20H2,2-5H3/b14-13-,34-17+,40-23+. The third-order valence-corrected chi connectivity index (χ3v) is 8.73. The molecule has 5 aromatic carbocycles. The van der Waals surface area contributed by atoms with Crippen molar-refractivity contribution in [3.8, 4) is 11.1 Å². The fraction of sp³-hybridized carbons (Fsp3) is 0.156. The number of rotatable bonds is 10. The van der Waals surface area contributed by atoms with E-state index in [2.05, 4.69) is 190 Å². The maximum atomic E-state index is 3.92. The molecule has 0 spiro atoms. The molecule has 1 heterocycles. The fourth-order valence-corrected chi connectivity index (χ4v) is 6.53. The van der Waals surface area contributed by atoms with Gasteiger partial charge >= 0.3 is 0 Å². The van der Waals surface area contributed by atoms with Crippen LogP contribution < -0.4 is 5.32 Å². The number of hydrogen-bond donors (Lipinski definition) is 1.